The van der Waals surface area contributed by atoms with Gasteiger partial charge in [-0.05, 0) is 54.2 Å². The molecule has 2 amide bonds. The molecule has 1 saturated carbocycles. The van der Waals surface area contributed by atoms with Crippen LogP contribution in [0, 0.1) is 0 Å². The molecule has 5 heteroatoms. The summed E-state index contributed by atoms with van der Waals surface area (Å²) >= 11 is 1.69. The van der Waals surface area contributed by atoms with E-state index in [0.29, 0.717) is 6.42 Å². The largest absolute Gasteiger partial charge is 0.350 e. The van der Waals surface area contributed by atoms with Crippen LogP contribution >= 0.6 is 11.3 Å². The molecule has 25 heavy (non-hydrogen) atoms. The lowest BCUT2D eigenvalue weighted by Gasteiger charge is -2.35. The summed E-state index contributed by atoms with van der Waals surface area (Å²) in [4.78, 5) is 26.0. The summed E-state index contributed by atoms with van der Waals surface area (Å²) in [5.74, 6) is 0.0550. The van der Waals surface area contributed by atoms with E-state index in [-0.39, 0.29) is 23.9 Å². The van der Waals surface area contributed by atoms with Crippen LogP contribution in [0.1, 0.15) is 31.2 Å². The second-order valence-electron chi connectivity index (χ2n) is 6.66. The first-order valence-corrected chi connectivity index (χ1v) is 9.60. The van der Waals surface area contributed by atoms with Crippen molar-refractivity contribution in [2.45, 2.75) is 44.2 Å². The number of hydrogen-bond acceptors (Lipinski definition) is 3. The first-order valence-electron chi connectivity index (χ1n) is 8.72. The van der Waals surface area contributed by atoms with Gasteiger partial charge in [0.25, 0.3) is 0 Å². The number of nitrogens with zero attached hydrogens (tertiary/aromatic N) is 1. The van der Waals surface area contributed by atoms with E-state index >= 15 is 0 Å². The van der Waals surface area contributed by atoms with Crippen molar-refractivity contribution in [3.8, 4) is 0 Å². The molecule has 0 bridgehead atoms. The van der Waals surface area contributed by atoms with Gasteiger partial charge in [0.15, 0.2) is 0 Å². The van der Waals surface area contributed by atoms with E-state index < -0.39 is 0 Å². The molecule has 3 rings (SSSR count). The number of nitrogens with one attached hydrogen (secondary N) is 1. The van der Waals surface area contributed by atoms with E-state index in [1.807, 2.05) is 24.1 Å². The molecule has 1 aliphatic carbocycles. The maximum Gasteiger partial charge on any atom is 0.243 e. The van der Waals surface area contributed by atoms with Crippen LogP contribution in [0.5, 0.6) is 0 Å². The number of benzene rings is 1. The van der Waals surface area contributed by atoms with Crippen molar-refractivity contribution in [1.29, 1.82) is 0 Å². The molecule has 4 nitrogen and oxygen atoms in total. The number of rotatable bonds is 5. The molecular weight excluding hydrogens is 332 g/mol. The number of hydrogen-bond donors (Lipinski definition) is 1. The lowest BCUT2D eigenvalue weighted by atomic mass is 9.90. The Labute approximate surface area is 152 Å². The summed E-state index contributed by atoms with van der Waals surface area (Å²) in [6, 6.07) is 8.69. The summed E-state index contributed by atoms with van der Waals surface area (Å²) in [6.45, 7) is 3.49. The number of thiophene rings is 1. The molecule has 1 heterocycles. The molecule has 1 aromatic carbocycles. The Hall–Kier alpha value is -2.14. The normalized spacial score (nSPS) is 20.2. The fourth-order valence-electron chi connectivity index (χ4n) is 3.53. The van der Waals surface area contributed by atoms with Crippen LogP contribution in [0.4, 0.5) is 0 Å². The van der Waals surface area contributed by atoms with Gasteiger partial charge in [-0.15, -0.1) is 11.3 Å². The highest BCUT2D eigenvalue weighted by atomic mass is 32.1. The molecule has 2 aromatic rings. The van der Waals surface area contributed by atoms with Gasteiger partial charge in [0.1, 0.15) is 0 Å². The van der Waals surface area contributed by atoms with Crippen molar-refractivity contribution >= 4 is 33.2 Å². The topological polar surface area (TPSA) is 49.4 Å². The molecule has 0 saturated heterocycles. The van der Waals surface area contributed by atoms with Crippen molar-refractivity contribution in [3.05, 3.63) is 47.9 Å². The maximum atomic E-state index is 12.7. The zero-order valence-corrected chi connectivity index (χ0v) is 15.3. The van der Waals surface area contributed by atoms with E-state index in [4.69, 9.17) is 0 Å². The first-order chi connectivity index (χ1) is 12.1. The van der Waals surface area contributed by atoms with E-state index in [0.717, 1.165) is 31.2 Å². The second kappa shape index (κ2) is 7.83. The van der Waals surface area contributed by atoms with Crippen LogP contribution in [0.15, 0.2) is 42.3 Å². The van der Waals surface area contributed by atoms with Crippen LogP contribution in [-0.4, -0.2) is 35.8 Å². The smallest absolute Gasteiger partial charge is 0.243 e. The third-order valence-corrected chi connectivity index (χ3v) is 6.08. The molecule has 0 aliphatic heterocycles. The van der Waals surface area contributed by atoms with Crippen molar-refractivity contribution in [2.75, 3.05) is 7.05 Å². The molecule has 1 fully saturated rings. The predicted molar refractivity (Wildman–Crippen MR) is 103 cm³/mol. The molecule has 132 valence electrons. The maximum absolute atomic E-state index is 12.7. The highest BCUT2D eigenvalue weighted by Crippen LogP contribution is 2.27. The molecule has 0 radical (unpaired) electrons. The van der Waals surface area contributed by atoms with E-state index in [9.17, 15) is 9.59 Å². The molecule has 1 aromatic heterocycles. The zero-order chi connectivity index (χ0) is 17.8. The Bertz CT molecular complexity index is 775. The van der Waals surface area contributed by atoms with Gasteiger partial charge in [0.05, 0.1) is 6.42 Å². The number of carbonyl (C=O) groups is 2. The first kappa shape index (κ1) is 17.7. The summed E-state index contributed by atoms with van der Waals surface area (Å²) < 4.78 is 1.23. The van der Waals surface area contributed by atoms with Crippen molar-refractivity contribution in [3.63, 3.8) is 0 Å². The van der Waals surface area contributed by atoms with Crippen LogP contribution in [-0.2, 0) is 16.0 Å². The average Bonchev–Trinajstić information content (AvgIpc) is 3.04. The predicted octanol–water partition coefficient (Wildman–Crippen LogP) is 3.52. The minimum Gasteiger partial charge on any atom is -0.350 e. The third kappa shape index (κ3) is 4.10. The molecular formula is C20H24N2O2S. The summed E-state index contributed by atoms with van der Waals surface area (Å²) in [5.41, 5.74) is 1.12. The fourth-order valence-corrected chi connectivity index (χ4v) is 4.49. The van der Waals surface area contributed by atoms with Gasteiger partial charge < -0.3 is 10.2 Å². The van der Waals surface area contributed by atoms with Gasteiger partial charge in [-0.1, -0.05) is 24.8 Å². The van der Waals surface area contributed by atoms with E-state index in [1.165, 1.54) is 16.2 Å². The highest BCUT2D eigenvalue weighted by molar-refractivity contribution is 7.17. The van der Waals surface area contributed by atoms with Crippen LogP contribution < -0.4 is 5.32 Å². The SMILES string of the molecule is C=CC(=O)NC1CCC(N(C)C(=O)Cc2csc3ccccc23)CC1. The standard InChI is InChI=1S/C20H24N2O2S/c1-3-19(23)21-15-8-10-16(11-9-15)22(2)20(24)12-14-13-25-18-7-5-4-6-17(14)18/h3-7,13,15-16H,1,8-12H2,2H3,(H,21,23). The quantitative estimate of drug-likeness (QED) is 0.834. The minimum atomic E-state index is -0.114. The van der Waals surface area contributed by atoms with Crippen molar-refractivity contribution in [2.24, 2.45) is 0 Å². The highest BCUT2D eigenvalue weighted by Gasteiger charge is 2.27. The number of likely N-dealkylation sites (N-methyl/N-ethyl adjacent to an activating group) is 1. The lowest BCUT2D eigenvalue weighted by molar-refractivity contribution is -0.132. The van der Waals surface area contributed by atoms with Crippen molar-refractivity contribution < 1.29 is 9.59 Å². The molecule has 1 N–H and O–H groups in total. The molecule has 0 unspecified atom stereocenters. The van der Waals surface area contributed by atoms with E-state index in [2.05, 4.69) is 29.4 Å². The summed E-state index contributed by atoms with van der Waals surface area (Å²) in [5, 5.41) is 6.24. The second-order valence-corrected chi connectivity index (χ2v) is 7.57. The van der Waals surface area contributed by atoms with Gasteiger partial charge in [0.2, 0.25) is 11.8 Å². The van der Waals surface area contributed by atoms with E-state index in [1.54, 1.807) is 11.3 Å². The van der Waals surface area contributed by atoms with Gasteiger partial charge in [-0.2, -0.15) is 0 Å². The Morgan fingerprint density at radius 1 is 1.28 bits per heavy atom. The van der Waals surface area contributed by atoms with Gasteiger partial charge >= 0.3 is 0 Å². The lowest BCUT2D eigenvalue weighted by Crippen LogP contribution is -2.44. The Morgan fingerprint density at radius 2 is 2.00 bits per heavy atom. The summed E-state index contributed by atoms with van der Waals surface area (Å²) in [6.07, 6.45) is 5.43. The number of amides is 2. The van der Waals surface area contributed by atoms with Gasteiger partial charge in [-0.25, -0.2) is 0 Å². The fraction of sp³-hybridized carbons (Fsp3) is 0.400. The van der Waals surface area contributed by atoms with Crippen LogP contribution in [0.25, 0.3) is 10.1 Å². The Kier molecular flexibility index (Phi) is 5.53. The Balaban J connectivity index is 1.56. The number of fused-ring (bicyclic) bond motifs is 1. The monoisotopic (exact) mass is 356 g/mol. The molecule has 0 atom stereocenters. The van der Waals surface area contributed by atoms with Crippen LogP contribution in [0.2, 0.25) is 0 Å². The summed E-state index contributed by atoms with van der Waals surface area (Å²) in [7, 11) is 1.91. The third-order valence-electron chi connectivity index (χ3n) is 5.07. The average molecular weight is 356 g/mol. The molecule has 1 aliphatic rings. The molecule has 0 spiro atoms. The zero-order valence-electron chi connectivity index (χ0n) is 14.5. The minimum absolute atomic E-state index is 0.114. The van der Waals surface area contributed by atoms with Crippen LogP contribution in [0.3, 0.4) is 0 Å². The van der Waals surface area contributed by atoms with Crippen molar-refractivity contribution in [1.82, 2.24) is 10.2 Å². The Morgan fingerprint density at radius 3 is 2.72 bits per heavy atom. The van der Waals surface area contributed by atoms with Gasteiger partial charge in [-0.3, -0.25) is 9.59 Å². The number of carbonyl (C=O) groups excluding carboxylic acids is 2. The van der Waals surface area contributed by atoms with Gasteiger partial charge in [0, 0.05) is 23.8 Å².